The van der Waals surface area contributed by atoms with Crippen LogP contribution in [0.1, 0.15) is 50.0 Å². The normalized spacial score (nSPS) is 25.3. The molecule has 336 valence electrons. The Bertz CT molecular complexity index is 2610. The van der Waals surface area contributed by atoms with Gasteiger partial charge in [0.25, 0.3) is 11.5 Å². The van der Waals surface area contributed by atoms with Crippen molar-refractivity contribution < 1.29 is 55.7 Å². The Morgan fingerprint density at radius 3 is 2.43 bits per heavy atom. The molecular weight excluding hydrogens is 908 g/mol. The van der Waals surface area contributed by atoms with Crippen molar-refractivity contribution in [3.63, 3.8) is 0 Å². The highest BCUT2D eigenvalue weighted by Crippen LogP contribution is 2.55. The van der Waals surface area contributed by atoms with Crippen LogP contribution in [0.5, 0.6) is 0 Å². The Balaban J connectivity index is 1.17. The molecule has 28 heteroatoms. The van der Waals surface area contributed by atoms with Crippen molar-refractivity contribution in [3.8, 4) is 6.07 Å². The molecule has 2 aliphatic rings. The molecule has 0 radical (unpaired) electrons. The second kappa shape index (κ2) is 18.9. The Hall–Kier alpha value is -4.45. The van der Waals surface area contributed by atoms with Crippen molar-refractivity contribution in [2.75, 3.05) is 25.1 Å². The van der Waals surface area contributed by atoms with Gasteiger partial charge in [-0.3, -0.25) is 23.2 Å². The number of amides is 1. The molecule has 1 amide bonds. The number of ether oxygens (including phenoxy) is 2. The van der Waals surface area contributed by atoms with Crippen LogP contribution in [0.3, 0.4) is 0 Å². The van der Waals surface area contributed by atoms with Gasteiger partial charge in [0.05, 0.1) is 45.0 Å². The van der Waals surface area contributed by atoms with E-state index in [1.807, 2.05) is 39.9 Å². The van der Waals surface area contributed by atoms with Crippen molar-refractivity contribution in [3.05, 3.63) is 65.2 Å². The van der Waals surface area contributed by atoms with Crippen molar-refractivity contribution in [1.29, 1.82) is 5.26 Å². The number of aliphatic hydroxyl groups is 1. The molecule has 4 aromatic heterocycles. The van der Waals surface area contributed by atoms with Crippen molar-refractivity contribution >= 4 is 69.2 Å². The summed E-state index contributed by atoms with van der Waals surface area (Å²) >= 11 is 5.82. The largest absolute Gasteiger partial charge is 0.695 e. The van der Waals surface area contributed by atoms with E-state index >= 15 is 4.39 Å². The first kappa shape index (κ1) is 46.5. The van der Waals surface area contributed by atoms with Crippen LogP contribution in [0.15, 0.2) is 54.1 Å². The molecule has 5 aromatic rings. The average Bonchev–Trinajstić information content (AvgIpc) is 4.02. The highest BCUT2D eigenvalue weighted by atomic mass is 32.5. The number of fused-ring (bicyclic) bond motifs is 2. The van der Waals surface area contributed by atoms with E-state index in [4.69, 9.17) is 43.8 Å². The number of nitrogens with one attached hydrogen (secondary N) is 2. The summed E-state index contributed by atoms with van der Waals surface area (Å²) in [5.74, 6) is -0.415. The summed E-state index contributed by atoms with van der Waals surface area (Å²) in [6.07, 6.45) is -8.00. The van der Waals surface area contributed by atoms with Gasteiger partial charge in [0.2, 0.25) is 0 Å². The fourth-order valence-corrected chi connectivity index (χ4v) is 10.5. The number of aromatic nitrogens is 9. The summed E-state index contributed by atoms with van der Waals surface area (Å²) in [4.78, 5) is 52.3. The van der Waals surface area contributed by atoms with Gasteiger partial charge in [-0.1, -0.05) is 44.2 Å². The number of nitrogens with zero attached hydrogens (tertiary/aromatic N) is 9. The standard InChI is InChI=1S/C35H42FN11O12P2SSi/c1-35(2,3)63(4,5)59-26-21(56-34(27(26)57-60(51)52)47-18-41-24-30(47)43-45-44-32(24)50)15-54-61(62,53-13-9-12-37)58-25-20(14-48)55-33(22(25)36)46-17-40-23-28(38-16-39-29(23)46)42-31(49)19-10-7-6-8-11-19/h6-8,10-11,16-18,20-22,25-27,33-34,48H,9,13-15H2,1-5H3,(H2-,38,39,42,43,44,49,50,51,52)/p+1/t20-,21-,22-,25-,26-,27-,33-,34-,61?/m1/s1. The number of hydrogen-bond acceptors (Lipinski definition) is 19. The van der Waals surface area contributed by atoms with Crippen molar-refractivity contribution in [2.24, 2.45) is 0 Å². The monoisotopic (exact) mass is 950 g/mol. The van der Waals surface area contributed by atoms with E-state index in [0.717, 1.165) is 6.33 Å². The van der Waals surface area contributed by atoms with Crippen LogP contribution in [-0.4, -0.2) is 125 Å². The van der Waals surface area contributed by atoms with Crippen LogP contribution in [0, 0.1) is 11.3 Å². The van der Waals surface area contributed by atoms with Crippen LogP contribution in [-0.2, 0) is 48.4 Å². The molecule has 0 spiro atoms. The van der Waals surface area contributed by atoms with E-state index in [1.54, 1.807) is 30.3 Å². The van der Waals surface area contributed by atoms with Gasteiger partial charge in [-0.15, -0.1) is 14.5 Å². The van der Waals surface area contributed by atoms with E-state index in [1.165, 1.54) is 21.8 Å². The lowest BCUT2D eigenvalue weighted by Gasteiger charge is -2.40. The number of carbonyl (C=O) groups excluding carboxylic acids is 1. The number of H-pyrrole nitrogens is 1. The maximum absolute atomic E-state index is 16.8. The van der Waals surface area contributed by atoms with Crippen LogP contribution in [0.25, 0.3) is 22.3 Å². The molecule has 2 unspecified atom stereocenters. The number of benzene rings is 1. The Morgan fingerprint density at radius 1 is 1.05 bits per heavy atom. The van der Waals surface area contributed by atoms with Gasteiger partial charge in [0, 0.05) is 10.1 Å². The molecule has 0 saturated carbocycles. The van der Waals surface area contributed by atoms with Gasteiger partial charge in [-0.2, -0.15) is 5.26 Å². The zero-order valence-corrected chi connectivity index (χ0v) is 37.9. The van der Waals surface area contributed by atoms with Crippen LogP contribution < -0.4 is 10.9 Å². The van der Waals surface area contributed by atoms with Gasteiger partial charge < -0.3 is 33.4 Å². The predicted molar refractivity (Wildman–Crippen MR) is 224 cm³/mol. The quantitative estimate of drug-likeness (QED) is 0.0587. The summed E-state index contributed by atoms with van der Waals surface area (Å²) < 4.78 is 74.7. The number of nitriles is 1. The van der Waals surface area contributed by atoms with Gasteiger partial charge in [0.1, 0.15) is 30.7 Å². The molecule has 2 saturated heterocycles. The van der Waals surface area contributed by atoms with Crippen LogP contribution >= 0.6 is 15.0 Å². The number of rotatable bonds is 17. The molecule has 0 aliphatic carbocycles. The smallest absolute Gasteiger partial charge is 0.408 e. The molecule has 2 aliphatic heterocycles. The molecule has 10 atom stereocenters. The first-order valence-corrected chi connectivity index (χ1v) is 25.9. The molecular formula is C35H43FN11O12P2SSi+. The second-order valence-corrected chi connectivity index (χ2v) is 24.2. The summed E-state index contributed by atoms with van der Waals surface area (Å²) in [5, 5.41) is 31.8. The first-order chi connectivity index (χ1) is 29.9. The minimum absolute atomic E-state index is 0.0310. The third-order valence-electron chi connectivity index (χ3n) is 10.7. The van der Waals surface area contributed by atoms with Gasteiger partial charge in [-0.05, 0) is 42.1 Å². The average molecular weight is 951 g/mol. The highest BCUT2D eigenvalue weighted by Gasteiger charge is 2.56. The number of imidazole rings is 2. The number of aliphatic hydroxyl groups excluding tert-OH is 1. The molecule has 6 heterocycles. The summed E-state index contributed by atoms with van der Waals surface area (Å²) in [7, 11) is -6.03. The maximum Gasteiger partial charge on any atom is 0.695 e. The molecule has 2 fully saturated rings. The predicted octanol–water partition coefficient (Wildman–Crippen LogP) is 3.71. The third kappa shape index (κ3) is 9.81. The minimum Gasteiger partial charge on any atom is -0.408 e. The Kier molecular flexibility index (Phi) is 14.0. The lowest BCUT2D eigenvalue weighted by molar-refractivity contribution is -0.0544. The zero-order chi connectivity index (χ0) is 45.3. The lowest BCUT2D eigenvalue weighted by Crippen LogP contribution is -2.50. The molecule has 7 rings (SSSR count). The van der Waals surface area contributed by atoms with E-state index in [0.29, 0.717) is 5.56 Å². The molecule has 0 bridgehead atoms. The summed E-state index contributed by atoms with van der Waals surface area (Å²) in [6.45, 7) is 4.14. The number of anilines is 1. The Morgan fingerprint density at radius 2 is 1.75 bits per heavy atom. The van der Waals surface area contributed by atoms with Crippen molar-refractivity contribution in [1.82, 2.24) is 44.5 Å². The molecule has 23 nitrogen and oxygen atoms in total. The fourth-order valence-electron chi connectivity index (χ4n) is 6.62. The fraction of sp³-hybridized carbons (Fsp3) is 0.514. The number of carbonyl (C=O) groups is 1. The summed E-state index contributed by atoms with van der Waals surface area (Å²) in [5.41, 5.74) is -0.212. The lowest BCUT2D eigenvalue weighted by atomic mass is 10.1. The minimum atomic E-state index is -4.13. The highest BCUT2D eigenvalue weighted by molar-refractivity contribution is 8.07. The topological polar surface area (TPSA) is 295 Å². The third-order valence-corrected chi connectivity index (χ3v) is 18.0. The van der Waals surface area contributed by atoms with Gasteiger partial charge in [-0.25, -0.2) is 29.4 Å². The SMILES string of the molecule is CC(C)(C)[Si](C)(C)O[C@H]1[C@@H](O[P+](=O)O)[C@H](n2cnc3c(=O)[nH]nnc32)O[C@@H]1COP(=S)(OCCC#N)O[C@H]1[C@@H](F)[C@H](n2cnc3c(NC(=O)c4ccccc4)ncnc32)O[C@@H]1CO. The van der Waals surface area contributed by atoms with Crippen LogP contribution in [0.4, 0.5) is 10.2 Å². The Labute approximate surface area is 364 Å². The maximum atomic E-state index is 16.8. The molecule has 4 N–H and O–H groups in total. The number of aromatic amines is 1. The first-order valence-electron chi connectivity index (χ1n) is 19.3. The van der Waals surface area contributed by atoms with E-state index in [-0.39, 0.29) is 46.2 Å². The zero-order valence-electron chi connectivity index (χ0n) is 34.2. The number of halogens is 1. The second-order valence-electron chi connectivity index (χ2n) is 15.8. The number of hydrogen-bond donors (Lipinski definition) is 4. The molecule has 63 heavy (non-hydrogen) atoms. The van der Waals surface area contributed by atoms with Crippen molar-refractivity contribution in [2.45, 2.75) is 94.5 Å². The molecule has 1 aromatic carbocycles. The van der Waals surface area contributed by atoms with Crippen LogP contribution in [0.2, 0.25) is 18.1 Å². The van der Waals surface area contributed by atoms with E-state index < -0.39 is 97.1 Å². The van der Waals surface area contributed by atoms with E-state index in [9.17, 15) is 29.4 Å². The van der Waals surface area contributed by atoms with E-state index in [2.05, 4.69) is 40.7 Å². The van der Waals surface area contributed by atoms with Gasteiger partial charge >= 0.3 is 15.0 Å². The number of alkyl halides is 1. The summed E-state index contributed by atoms with van der Waals surface area (Å²) in [6, 6.07) is 10.3. The van der Waals surface area contributed by atoms with Gasteiger partial charge in [0.15, 0.2) is 61.2 Å².